The molecule has 6 nitrogen and oxygen atoms in total. The van der Waals surface area contributed by atoms with Crippen molar-refractivity contribution in [1.29, 1.82) is 0 Å². The average molecular weight is 373 g/mol. The molecule has 0 atom stereocenters. The van der Waals surface area contributed by atoms with Gasteiger partial charge in [0.15, 0.2) is 0 Å². The van der Waals surface area contributed by atoms with Gasteiger partial charge in [0.1, 0.15) is 11.5 Å². The van der Waals surface area contributed by atoms with Crippen LogP contribution in [0.1, 0.15) is 10.4 Å². The van der Waals surface area contributed by atoms with E-state index in [1.807, 2.05) is 36.4 Å². The molecule has 2 N–H and O–H groups in total. The second-order valence-electron chi connectivity index (χ2n) is 6.33. The second kappa shape index (κ2) is 7.84. The summed E-state index contributed by atoms with van der Waals surface area (Å²) >= 11 is 0. The van der Waals surface area contributed by atoms with Crippen LogP contribution in [-0.4, -0.2) is 25.0 Å². The zero-order chi connectivity index (χ0) is 19.3. The third kappa shape index (κ3) is 3.96. The normalized spacial score (nSPS) is 13.1. The Balaban J connectivity index is 1.43. The van der Waals surface area contributed by atoms with Crippen LogP contribution < -0.4 is 20.3 Å². The van der Waals surface area contributed by atoms with E-state index >= 15 is 0 Å². The lowest BCUT2D eigenvalue weighted by atomic mass is 10.1. The smallest absolute Gasteiger partial charge is 0.321 e. The molecule has 3 amide bonds. The van der Waals surface area contributed by atoms with Crippen molar-refractivity contribution >= 4 is 23.3 Å². The number of hydrogen-bond donors (Lipinski definition) is 2. The Labute approximate surface area is 162 Å². The van der Waals surface area contributed by atoms with Gasteiger partial charge in [-0.05, 0) is 54.6 Å². The molecule has 4 rings (SSSR count). The maximum Gasteiger partial charge on any atom is 0.321 e. The van der Waals surface area contributed by atoms with Crippen molar-refractivity contribution < 1.29 is 14.3 Å². The number of carbonyl (C=O) groups is 2. The van der Waals surface area contributed by atoms with Crippen LogP contribution >= 0.6 is 0 Å². The van der Waals surface area contributed by atoms with Crippen LogP contribution in [0.4, 0.5) is 16.2 Å². The van der Waals surface area contributed by atoms with E-state index in [0.29, 0.717) is 35.8 Å². The first-order chi connectivity index (χ1) is 13.7. The highest BCUT2D eigenvalue weighted by molar-refractivity contribution is 6.05. The van der Waals surface area contributed by atoms with Crippen LogP contribution in [0.15, 0.2) is 78.9 Å². The summed E-state index contributed by atoms with van der Waals surface area (Å²) in [5.74, 6) is 1.20. The fourth-order valence-corrected chi connectivity index (χ4v) is 2.97. The van der Waals surface area contributed by atoms with Gasteiger partial charge in [-0.25, -0.2) is 4.79 Å². The van der Waals surface area contributed by atoms with Crippen molar-refractivity contribution in [3.63, 3.8) is 0 Å². The third-order valence-corrected chi connectivity index (χ3v) is 4.37. The van der Waals surface area contributed by atoms with Crippen LogP contribution in [0.3, 0.4) is 0 Å². The van der Waals surface area contributed by atoms with E-state index in [2.05, 4.69) is 10.6 Å². The molecule has 0 unspecified atom stereocenters. The summed E-state index contributed by atoms with van der Waals surface area (Å²) in [6.45, 7) is 1.19. The molecule has 6 heteroatoms. The van der Waals surface area contributed by atoms with Crippen molar-refractivity contribution in [3.8, 4) is 11.5 Å². The predicted octanol–water partition coefficient (Wildman–Crippen LogP) is 4.26. The van der Waals surface area contributed by atoms with E-state index in [-0.39, 0.29) is 11.9 Å². The Bertz CT molecular complexity index is 987. The lowest BCUT2D eigenvalue weighted by molar-refractivity contribution is 0.102. The fourth-order valence-electron chi connectivity index (χ4n) is 2.97. The maximum atomic E-state index is 12.6. The minimum absolute atomic E-state index is 0.147. The molecule has 1 fully saturated rings. The molecule has 0 radical (unpaired) electrons. The monoisotopic (exact) mass is 373 g/mol. The molecule has 28 heavy (non-hydrogen) atoms. The predicted molar refractivity (Wildman–Crippen MR) is 108 cm³/mol. The zero-order valence-electron chi connectivity index (χ0n) is 15.1. The summed E-state index contributed by atoms with van der Waals surface area (Å²) in [4.78, 5) is 26.0. The fraction of sp³-hybridized carbons (Fsp3) is 0.0909. The van der Waals surface area contributed by atoms with Crippen LogP contribution in [0.5, 0.6) is 11.5 Å². The van der Waals surface area contributed by atoms with Gasteiger partial charge in [0.05, 0.1) is 0 Å². The molecule has 0 aromatic heterocycles. The Morgan fingerprint density at radius 1 is 0.929 bits per heavy atom. The Morgan fingerprint density at radius 3 is 2.39 bits per heavy atom. The standard InChI is InChI=1S/C22H19N3O3/c26-21(16-5-4-6-18(15-16)25-14-13-23-22(25)27)24-17-9-11-20(12-10-17)28-19-7-2-1-3-8-19/h1-12,15H,13-14H2,(H,23,27)(H,24,26). The van der Waals surface area contributed by atoms with Crippen molar-refractivity contribution in [3.05, 3.63) is 84.4 Å². The summed E-state index contributed by atoms with van der Waals surface area (Å²) < 4.78 is 5.75. The van der Waals surface area contributed by atoms with Crippen molar-refractivity contribution in [2.24, 2.45) is 0 Å². The number of ether oxygens (including phenoxy) is 1. The Hall–Kier alpha value is -3.80. The first kappa shape index (κ1) is 17.6. The maximum absolute atomic E-state index is 12.6. The number of nitrogens with zero attached hydrogens (tertiary/aromatic N) is 1. The molecule has 3 aromatic rings. The van der Waals surface area contributed by atoms with Crippen molar-refractivity contribution in [2.45, 2.75) is 0 Å². The number of amides is 3. The van der Waals surface area contributed by atoms with E-state index in [1.54, 1.807) is 47.4 Å². The van der Waals surface area contributed by atoms with E-state index < -0.39 is 0 Å². The second-order valence-corrected chi connectivity index (χ2v) is 6.33. The Morgan fingerprint density at radius 2 is 1.68 bits per heavy atom. The number of hydrogen-bond acceptors (Lipinski definition) is 3. The number of urea groups is 1. The lowest BCUT2D eigenvalue weighted by Gasteiger charge is -2.15. The quantitative estimate of drug-likeness (QED) is 0.702. The average Bonchev–Trinajstić information content (AvgIpc) is 3.16. The molecule has 1 aliphatic heterocycles. The molecule has 1 heterocycles. The van der Waals surface area contributed by atoms with Crippen molar-refractivity contribution in [2.75, 3.05) is 23.3 Å². The number of nitrogens with one attached hydrogen (secondary N) is 2. The number of para-hydroxylation sites is 1. The molecule has 1 aliphatic rings. The summed E-state index contributed by atoms with van der Waals surface area (Å²) in [7, 11) is 0. The van der Waals surface area contributed by atoms with Gasteiger partial charge >= 0.3 is 6.03 Å². The molecule has 3 aromatic carbocycles. The van der Waals surface area contributed by atoms with E-state index in [4.69, 9.17) is 4.74 Å². The van der Waals surface area contributed by atoms with Crippen LogP contribution in [0, 0.1) is 0 Å². The van der Waals surface area contributed by atoms with E-state index in [9.17, 15) is 9.59 Å². The third-order valence-electron chi connectivity index (χ3n) is 4.37. The van der Waals surface area contributed by atoms with Gasteiger partial charge in [-0.1, -0.05) is 24.3 Å². The van der Waals surface area contributed by atoms with Crippen LogP contribution in [-0.2, 0) is 0 Å². The highest BCUT2D eigenvalue weighted by Gasteiger charge is 2.21. The zero-order valence-corrected chi connectivity index (χ0v) is 15.1. The van der Waals surface area contributed by atoms with Gasteiger partial charge < -0.3 is 15.4 Å². The van der Waals surface area contributed by atoms with Gasteiger partial charge in [0, 0.05) is 30.0 Å². The van der Waals surface area contributed by atoms with Crippen molar-refractivity contribution in [1.82, 2.24) is 5.32 Å². The molecular formula is C22H19N3O3. The highest BCUT2D eigenvalue weighted by atomic mass is 16.5. The summed E-state index contributed by atoms with van der Waals surface area (Å²) in [6.07, 6.45) is 0. The van der Waals surface area contributed by atoms with Gasteiger partial charge in [-0.2, -0.15) is 0 Å². The summed E-state index contributed by atoms with van der Waals surface area (Å²) in [6, 6.07) is 23.5. The lowest BCUT2D eigenvalue weighted by Crippen LogP contribution is -2.27. The van der Waals surface area contributed by atoms with Gasteiger partial charge in [-0.15, -0.1) is 0 Å². The molecular weight excluding hydrogens is 354 g/mol. The van der Waals surface area contributed by atoms with Crippen LogP contribution in [0.25, 0.3) is 0 Å². The SMILES string of the molecule is O=C(Nc1ccc(Oc2ccccc2)cc1)c1cccc(N2CCNC2=O)c1. The number of anilines is 2. The van der Waals surface area contributed by atoms with Gasteiger partial charge in [0.25, 0.3) is 5.91 Å². The topological polar surface area (TPSA) is 70.7 Å². The summed E-state index contributed by atoms with van der Waals surface area (Å²) in [5.41, 5.74) is 1.85. The minimum Gasteiger partial charge on any atom is -0.457 e. The molecule has 0 spiro atoms. The first-order valence-corrected chi connectivity index (χ1v) is 8.99. The largest absolute Gasteiger partial charge is 0.457 e. The number of rotatable bonds is 5. The molecule has 0 aliphatic carbocycles. The van der Waals surface area contributed by atoms with Gasteiger partial charge in [0.2, 0.25) is 0 Å². The van der Waals surface area contributed by atoms with Crippen LogP contribution in [0.2, 0.25) is 0 Å². The minimum atomic E-state index is -0.238. The number of benzene rings is 3. The number of carbonyl (C=O) groups excluding carboxylic acids is 2. The molecule has 0 bridgehead atoms. The molecule has 140 valence electrons. The Kier molecular flexibility index (Phi) is 4.93. The molecule has 1 saturated heterocycles. The first-order valence-electron chi connectivity index (χ1n) is 8.99. The highest BCUT2D eigenvalue weighted by Crippen LogP contribution is 2.23. The van der Waals surface area contributed by atoms with E-state index in [0.717, 1.165) is 5.75 Å². The molecule has 0 saturated carbocycles. The van der Waals surface area contributed by atoms with E-state index in [1.165, 1.54) is 0 Å². The van der Waals surface area contributed by atoms with Gasteiger partial charge in [-0.3, -0.25) is 9.69 Å². The summed E-state index contributed by atoms with van der Waals surface area (Å²) in [5, 5.41) is 5.62.